The van der Waals surface area contributed by atoms with E-state index in [0.29, 0.717) is 43.9 Å². The molecule has 2 unspecified atom stereocenters. The number of esters is 2. The zero-order valence-electron chi connectivity index (χ0n) is 51.2. The predicted octanol–water partition coefficient (Wildman–Crippen LogP) is 20.4. The van der Waals surface area contributed by atoms with Crippen LogP contribution in [0.5, 0.6) is 0 Å². The number of hydrogen-bond acceptors (Lipinski definition) is 7. The number of ether oxygens (including phenoxy) is 2. The quantitative estimate of drug-likeness (QED) is 0.0342. The lowest BCUT2D eigenvalue weighted by Gasteiger charge is -2.30. The van der Waals surface area contributed by atoms with Crippen LogP contribution in [0.4, 0.5) is 0 Å². The van der Waals surface area contributed by atoms with Crippen molar-refractivity contribution >= 4 is 11.9 Å². The van der Waals surface area contributed by atoms with E-state index in [2.05, 4.69) is 100 Å². The van der Waals surface area contributed by atoms with E-state index in [1.807, 2.05) is 21.0 Å². The van der Waals surface area contributed by atoms with Crippen molar-refractivity contribution in [1.29, 1.82) is 0 Å². The number of nitrogens with zero attached hydrogens (tertiary/aromatic N) is 2. The molecule has 70 heavy (non-hydrogen) atoms. The fourth-order valence-electron chi connectivity index (χ4n) is 8.16. The fraction of sp³-hybridized carbons (Fsp3) is 0.968. The third kappa shape index (κ3) is 66.8. The SMILES string of the molecule is CC.CCC.CCC.CCC(C)C.CCCCCCC(CCCC)COC(=O)CCCCCCCCC(CCCCCCCCC(=O)OCC(CCCC)CCCCCC)N(CCCCN(C)C)OC. The third-order valence-electron chi connectivity index (χ3n) is 12.9. The zero-order valence-corrected chi connectivity index (χ0v) is 51.2. The van der Waals surface area contributed by atoms with Gasteiger partial charge in [-0.3, -0.25) is 9.59 Å². The van der Waals surface area contributed by atoms with Crippen LogP contribution in [-0.2, 0) is 23.9 Å². The van der Waals surface area contributed by atoms with Gasteiger partial charge in [-0.25, -0.2) is 0 Å². The minimum Gasteiger partial charge on any atom is -0.465 e. The minimum absolute atomic E-state index is 0.00713. The van der Waals surface area contributed by atoms with Crippen LogP contribution in [0.2, 0.25) is 0 Å². The highest BCUT2D eigenvalue weighted by molar-refractivity contribution is 5.69. The van der Waals surface area contributed by atoms with Crippen LogP contribution in [-0.4, -0.2) is 75.5 Å². The van der Waals surface area contributed by atoms with Crippen molar-refractivity contribution in [2.75, 3.05) is 47.5 Å². The monoisotopic (exact) mass is 999 g/mol. The summed E-state index contributed by atoms with van der Waals surface area (Å²) in [5.41, 5.74) is 0. The van der Waals surface area contributed by atoms with Gasteiger partial charge in [0.25, 0.3) is 0 Å². The number of hydrogen-bond donors (Lipinski definition) is 0. The van der Waals surface area contributed by atoms with E-state index in [1.165, 1.54) is 193 Å². The van der Waals surface area contributed by atoms with E-state index >= 15 is 0 Å². The Bertz CT molecular complexity index is 888. The first-order chi connectivity index (χ1) is 33.9. The molecule has 0 fully saturated rings. The van der Waals surface area contributed by atoms with Gasteiger partial charge in [0, 0.05) is 25.4 Å². The highest BCUT2D eigenvalue weighted by Crippen LogP contribution is 2.22. The summed E-state index contributed by atoms with van der Waals surface area (Å²) >= 11 is 0. The molecular weight excluding hydrogens is 865 g/mol. The second-order valence-electron chi connectivity index (χ2n) is 21.1. The van der Waals surface area contributed by atoms with Gasteiger partial charge < -0.3 is 19.2 Å². The number of carbonyl (C=O) groups excluding carboxylic acids is 2. The van der Waals surface area contributed by atoms with Gasteiger partial charge in [0.1, 0.15) is 0 Å². The van der Waals surface area contributed by atoms with Crippen molar-refractivity contribution in [3.63, 3.8) is 0 Å². The Morgan fingerprint density at radius 3 is 1.04 bits per heavy atom. The summed E-state index contributed by atoms with van der Waals surface area (Å²) in [4.78, 5) is 33.2. The molecule has 0 amide bonds. The van der Waals surface area contributed by atoms with Gasteiger partial charge in [0.15, 0.2) is 0 Å². The Hall–Kier alpha value is -1.18. The summed E-state index contributed by atoms with van der Waals surface area (Å²) in [6.07, 6.45) is 43.6. The third-order valence-corrected chi connectivity index (χ3v) is 12.9. The van der Waals surface area contributed by atoms with Crippen molar-refractivity contribution in [2.24, 2.45) is 17.8 Å². The molecule has 0 aliphatic rings. The van der Waals surface area contributed by atoms with E-state index in [9.17, 15) is 9.59 Å². The molecule has 2 atom stereocenters. The van der Waals surface area contributed by atoms with Gasteiger partial charge in [-0.2, -0.15) is 5.06 Å². The fourth-order valence-corrected chi connectivity index (χ4v) is 8.16. The smallest absolute Gasteiger partial charge is 0.305 e. The van der Waals surface area contributed by atoms with Crippen molar-refractivity contribution in [3.8, 4) is 0 Å². The number of carbonyl (C=O) groups is 2. The molecule has 0 aromatic heterocycles. The lowest BCUT2D eigenvalue weighted by molar-refractivity contribution is -0.166. The van der Waals surface area contributed by atoms with Gasteiger partial charge >= 0.3 is 11.9 Å². The Labute approximate surface area is 443 Å². The summed E-state index contributed by atoms with van der Waals surface area (Å²) in [5.74, 6) is 1.98. The second kappa shape index (κ2) is 67.8. The van der Waals surface area contributed by atoms with Crippen LogP contribution in [0.15, 0.2) is 0 Å². The summed E-state index contributed by atoms with van der Waals surface area (Å²) in [5, 5.41) is 2.28. The Morgan fingerprint density at radius 2 is 0.714 bits per heavy atom. The van der Waals surface area contributed by atoms with Crippen LogP contribution >= 0.6 is 0 Å². The topological polar surface area (TPSA) is 68.3 Å². The van der Waals surface area contributed by atoms with Gasteiger partial charge in [0.2, 0.25) is 0 Å². The van der Waals surface area contributed by atoms with Crippen molar-refractivity contribution in [1.82, 2.24) is 9.96 Å². The van der Waals surface area contributed by atoms with E-state index < -0.39 is 0 Å². The number of unbranched alkanes of at least 4 members (excludes halogenated alkanes) is 19. The zero-order chi connectivity index (χ0) is 53.7. The maximum atomic E-state index is 12.5. The van der Waals surface area contributed by atoms with Gasteiger partial charge in [-0.1, -0.05) is 251 Å². The van der Waals surface area contributed by atoms with Crippen LogP contribution in [0.3, 0.4) is 0 Å². The predicted molar refractivity (Wildman–Crippen MR) is 313 cm³/mol. The molecule has 0 spiro atoms. The van der Waals surface area contributed by atoms with Crippen molar-refractivity contribution in [3.05, 3.63) is 0 Å². The Morgan fingerprint density at radius 1 is 0.414 bits per heavy atom. The van der Waals surface area contributed by atoms with Gasteiger partial charge in [0.05, 0.1) is 20.3 Å². The molecule has 7 heteroatoms. The largest absolute Gasteiger partial charge is 0.465 e. The molecule has 0 saturated carbocycles. The Balaban J connectivity index is -0.000000963. The Kier molecular flexibility index (Phi) is 75.3. The molecule has 0 bridgehead atoms. The minimum atomic E-state index is 0.00713. The molecule has 426 valence electrons. The van der Waals surface area contributed by atoms with Gasteiger partial charge in [-0.05, 0) is 103 Å². The first kappa shape index (κ1) is 77.7. The number of hydroxylamine groups is 2. The molecule has 0 radical (unpaired) electrons. The van der Waals surface area contributed by atoms with Crippen LogP contribution in [0.25, 0.3) is 0 Å². The highest BCUT2D eigenvalue weighted by Gasteiger charge is 2.18. The van der Waals surface area contributed by atoms with E-state index in [1.54, 1.807) is 0 Å². The summed E-state index contributed by atoms with van der Waals surface area (Å²) in [6.45, 7) is 31.5. The molecule has 0 rings (SSSR count). The van der Waals surface area contributed by atoms with Crippen LogP contribution in [0.1, 0.15) is 328 Å². The summed E-state index contributed by atoms with van der Waals surface area (Å²) in [7, 11) is 6.15. The average Bonchev–Trinajstić information content (AvgIpc) is 3.35. The lowest BCUT2D eigenvalue weighted by Crippen LogP contribution is -2.35. The molecule has 0 saturated heterocycles. The van der Waals surface area contributed by atoms with E-state index in [4.69, 9.17) is 14.3 Å². The summed E-state index contributed by atoms with van der Waals surface area (Å²) < 4.78 is 11.5. The molecular formula is C63H134N2O5. The lowest BCUT2D eigenvalue weighted by atomic mass is 9.96. The first-order valence-corrected chi connectivity index (χ1v) is 31.2. The molecule has 0 heterocycles. The standard InChI is InChI=1S/C50H100N2O5.C5H12.2C3H8.C2H6/c1-8-12-16-26-36-46(34-14-10-3)44-56-49(53)40-30-24-20-18-22-28-38-48(52(55-7)43-33-32-42-51(5)6)39-29-23-19-21-25-31-41-50(54)57-45-47(35-15-11-4)37-27-17-13-9-2;1-4-5(2)3;2*1-3-2;1-2/h46-48H,8-45H2,1-7H3;5H,4H2,1-3H3;2*3H2,1-2H3;1-2H3. The highest BCUT2D eigenvalue weighted by atomic mass is 16.7. The van der Waals surface area contributed by atoms with E-state index in [0.717, 1.165) is 51.1 Å². The molecule has 7 nitrogen and oxygen atoms in total. The molecule has 0 aliphatic heterocycles. The van der Waals surface area contributed by atoms with Crippen LogP contribution < -0.4 is 0 Å². The summed E-state index contributed by atoms with van der Waals surface area (Å²) in [6, 6.07) is 0.472. The second-order valence-corrected chi connectivity index (χ2v) is 21.1. The van der Waals surface area contributed by atoms with Crippen molar-refractivity contribution < 1.29 is 23.9 Å². The maximum absolute atomic E-state index is 12.5. The molecule has 0 aliphatic carbocycles. The van der Waals surface area contributed by atoms with E-state index in [-0.39, 0.29) is 11.9 Å². The molecule has 0 aromatic rings. The van der Waals surface area contributed by atoms with Crippen LogP contribution in [0, 0.1) is 17.8 Å². The maximum Gasteiger partial charge on any atom is 0.305 e. The normalized spacial score (nSPS) is 12.2. The average molecular weight is 1000 g/mol. The molecule has 0 N–H and O–H groups in total. The molecule has 0 aromatic carbocycles. The van der Waals surface area contributed by atoms with Gasteiger partial charge in [-0.15, -0.1) is 0 Å². The van der Waals surface area contributed by atoms with Crippen molar-refractivity contribution in [2.45, 2.75) is 334 Å². The number of rotatable bonds is 46. The first-order valence-electron chi connectivity index (χ1n) is 31.2.